The number of nitrogens with zero attached hydrogens (tertiary/aromatic N) is 3. The minimum atomic E-state index is -0.384. The summed E-state index contributed by atoms with van der Waals surface area (Å²) in [5, 5.41) is 8.86. The lowest BCUT2D eigenvalue weighted by molar-refractivity contribution is -0.115. The van der Waals surface area contributed by atoms with Gasteiger partial charge in [0, 0.05) is 6.04 Å². The lowest BCUT2D eigenvalue weighted by Gasteiger charge is -2.11. The lowest BCUT2D eigenvalue weighted by Crippen LogP contribution is -2.14. The van der Waals surface area contributed by atoms with E-state index in [9.17, 15) is 4.79 Å². The molecule has 0 aromatic carbocycles. The fourth-order valence-electron chi connectivity index (χ4n) is 1.58. The predicted molar refractivity (Wildman–Crippen MR) is 75.7 cm³/mol. The van der Waals surface area contributed by atoms with Crippen LogP contribution in [0.25, 0.3) is 11.6 Å². The molecule has 0 bridgehead atoms. The highest BCUT2D eigenvalue weighted by atomic mass is 79.9. The van der Waals surface area contributed by atoms with Crippen molar-refractivity contribution in [3.63, 3.8) is 0 Å². The van der Waals surface area contributed by atoms with Crippen LogP contribution in [0.3, 0.4) is 0 Å². The minimum Gasteiger partial charge on any atom is -0.446 e. The minimum absolute atomic E-state index is 0.143. The van der Waals surface area contributed by atoms with Crippen molar-refractivity contribution in [1.29, 1.82) is 0 Å². The summed E-state index contributed by atoms with van der Waals surface area (Å²) in [6, 6.07) is 3.75. The van der Waals surface area contributed by atoms with E-state index in [4.69, 9.17) is 10.2 Å². The summed E-state index contributed by atoms with van der Waals surface area (Å²) in [5.41, 5.74) is 5.15. The van der Waals surface area contributed by atoms with Gasteiger partial charge in [0.15, 0.2) is 15.6 Å². The number of hydrogen-bond donors (Lipinski definition) is 1. The fraction of sp³-hybridized carbons (Fsp3) is 0.364. The standard InChI is InChI=1S/C11H13BrN4O2S/c1-6(2)16-10(7-3-4-8(12)18-7)14-15-11(16)19-5-9(13)17/h3-4,6H,5H2,1-2H3,(H2,13,17). The smallest absolute Gasteiger partial charge is 0.227 e. The Balaban J connectivity index is 2.37. The van der Waals surface area contributed by atoms with Crippen LogP contribution in [-0.2, 0) is 4.79 Å². The average Bonchev–Trinajstić information content (AvgIpc) is 2.91. The SMILES string of the molecule is CC(C)n1c(SCC(N)=O)nnc1-c1ccc(Br)o1. The van der Waals surface area contributed by atoms with Crippen LogP contribution in [0, 0.1) is 0 Å². The molecule has 19 heavy (non-hydrogen) atoms. The molecule has 2 aromatic heterocycles. The number of hydrogen-bond acceptors (Lipinski definition) is 5. The van der Waals surface area contributed by atoms with Crippen molar-refractivity contribution in [2.24, 2.45) is 5.73 Å². The summed E-state index contributed by atoms with van der Waals surface area (Å²) in [7, 11) is 0. The molecule has 102 valence electrons. The summed E-state index contributed by atoms with van der Waals surface area (Å²) in [5.74, 6) is 1.05. The van der Waals surface area contributed by atoms with Gasteiger partial charge in [0.2, 0.25) is 11.7 Å². The number of rotatable bonds is 5. The fourth-order valence-corrected chi connectivity index (χ4v) is 2.69. The van der Waals surface area contributed by atoms with E-state index in [1.54, 1.807) is 6.07 Å². The Kier molecular flexibility index (Phi) is 4.31. The van der Waals surface area contributed by atoms with Crippen LogP contribution in [0.2, 0.25) is 0 Å². The van der Waals surface area contributed by atoms with E-state index in [2.05, 4.69) is 26.1 Å². The number of amides is 1. The second-order valence-corrected chi connectivity index (χ2v) is 5.85. The Morgan fingerprint density at radius 1 is 1.53 bits per heavy atom. The zero-order chi connectivity index (χ0) is 14.0. The van der Waals surface area contributed by atoms with Crippen LogP contribution in [-0.4, -0.2) is 26.4 Å². The second kappa shape index (κ2) is 5.79. The van der Waals surface area contributed by atoms with Crippen molar-refractivity contribution in [1.82, 2.24) is 14.8 Å². The van der Waals surface area contributed by atoms with Crippen molar-refractivity contribution in [2.75, 3.05) is 5.75 Å². The van der Waals surface area contributed by atoms with Gasteiger partial charge in [-0.15, -0.1) is 10.2 Å². The van der Waals surface area contributed by atoms with Crippen LogP contribution in [0.15, 0.2) is 26.4 Å². The van der Waals surface area contributed by atoms with Gasteiger partial charge in [0.05, 0.1) is 5.75 Å². The van der Waals surface area contributed by atoms with Gasteiger partial charge in [-0.3, -0.25) is 9.36 Å². The Morgan fingerprint density at radius 3 is 2.79 bits per heavy atom. The average molecular weight is 345 g/mol. The Bertz CT molecular complexity index is 593. The van der Waals surface area contributed by atoms with Gasteiger partial charge in [0.1, 0.15) is 0 Å². The van der Waals surface area contributed by atoms with Gasteiger partial charge in [0.25, 0.3) is 0 Å². The molecule has 0 atom stereocenters. The monoisotopic (exact) mass is 344 g/mol. The number of thioether (sulfide) groups is 1. The molecule has 2 rings (SSSR count). The third-order valence-corrected chi connectivity index (χ3v) is 3.71. The molecule has 0 unspecified atom stereocenters. The van der Waals surface area contributed by atoms with Crippen LogP contribution >= 0.6 is 27.7 Å². The number of halogens is 1. The van der Waals surface area contributed by atoms with Gasteiger partial charge in [-0.05, 0) is 41.9 Å². The van der Waals surface area contributed by atoms with E-state index in [1.165, 1.54) is 11.8 Å². The highest BCUT2D eigenvalue weighted by Crippen LogP contribution is 2.29. The van der Waals surface area contributed by atoms with E-state index in [0.29, 0.717) is 21.4 Å². The highest BCUT2D eigenvalue weighted by molar-refractivity contribution is 9.10. The Morgan fingerprint density at radius 2 is 2.26 bits per heavy atom. The van der Waals surface area contributed by atoms with Crippen molar-refractivity contribution in [2.45, 2.75) is 25.0 Å². The van der Waals surface area contributed by atoms with Gasteiger partial charge in [-0.1, -0.05) is 11.8 Å². The molecule has 0 fully saturated rings. The maximum atomic E-state index is 10.9. The number of furan rings is 1. The third kappa shape index (κ3) is 3.19. The predicted octanol–water partition coefficient (Wildman–Crippen LogP) is 2.46. The molecule has 2 aromatic rings. The quantitative estimate of drug-likeness (QED) is 0.841. The number of nitrogens with two attached hydrogens (primary N) is 1. The first kappa shape index (κ1) is 14.1. The summed E-state index contributed by atoms with van der Waals surface area (Å²) in [6.07, 6.45) is 0. The first-order valence-electron chi connectivity index (χ1n) is 5.60. The molecule has 2 heterocycles. The van der Waals surface area contributed by atoms with Gasteiger partial charge in [-0.2, -0.15) is 0 Å². The van der Waals surface area contributed by atoms with E-state index in [-0.39, 0.29) is 17.7 Å². The van der Waals surface area contributed by atoms with Crippen LogP contribution < -0.4 is 5.73 Å². The summed E-state index contributed by atoms with van der Waals surface area (Å²) < 4.78 is 8.04. The largest absolute Gasteiger partial charge is 0.446 e. The molecule has 1 amide bonds. The topological polar surface area (TPSA) is 86.9 Å². The van der Waals surface area contributed by atoms with Gasteiger partial charge < -0.3 is 10.2 Å². The number of primary amides is 1. The third-order valence-electron chi connectivity index (χ3n) is 2.32. The maximum absolute atomic E-state index is 10.9. The van der Waals surface area contributed by atoms with Gasteiger partial charge >= 0.3 is 0 Å². The first-order chi connectivity index (χ1) is 8.99. The molecule has 0 aliphatic carbocycles. The highest BCUT2D eigenvalue weighted by Gasteiger charge is 2.19. The molecule has 0 saturated heterocycles. The molecular formula is C11H13BrN4O2S. The number of carbonyl (C=O) groups excluding carboxylic acids is 1. The van der Waals surface area contributed by atoms with E-state index < -0.39 is 0 Å². The summed E-state index contributed by atoms with van der Waals surface area (Å²) in [4.78, 5) is 10.9. The van der Waals surface area contributed by atoms with Crippen molar-refractivity contribution in [3.8, 4) is 11.6 Å². The normalized spacial score (nSPS) is 11.2. The molecule has 0 aliphatic heterocycles. The van der Waals surface area contributed by atoms with E-state index >= 15 is 0 Å². The second-order valence-electron chi connectivity index (χ2n) is 4.13. The maximum Gasteiger partial charge on any atom is 0.227 e. The van der Waals surface area contributed by atoms with Crippen LogP contribution in [0.5, 0.6) is 0 Å². The molecule has 8 heteroatoms. The molecule has 2 N–H and O–H groups in total. The number of carbonyl (C=O) groups is 1. The molecule has 6 nitrogen and oxygen atoms in total. The Labute approximate surface area is 122 Å². The van der Waals surface area contributed by atoms with Gasteiger partial charge in [-0.25, -0.2) is 0 Å². The lowest BCUT2D eigenvalue weighted by atomic mass is 10.3. The van der Waals surface area contributed by atoms with Crippen LogP contribution in [0.1, 0.15) is 19.9 Å². The van der Waals surface area contributed by atoms with Crippen molar-refractivity contribution in [3.05, 3.63) is 16.8 Å². The van der Waals surface area contributed by atoms with Crippen molar-refractivity contribution < 1.29 is 9.21 Å². The van der Waals surface area contributed by atoms with E-state index in [0.717, 1.165) is 0 Å². The molecule has 0 aliphatic rings. The summed E-state index contributed by atoms with van der Waals surface area (Å²) >= 11 is 4.52. The first-order valence-corrected chi connectivity index (χ1v) is 7.38. The summed E-state index contributed by atoms with van der Waals surface area (Å²) in [6.45, 7) is 4.03. The number of aromatic nitrogens is 3. The molecule has 0 radical (unpaired) electrons. The van der Waals surface area contributed by atoms with E-state index in [1.807, 2.05) is 24.5 Å². The molecular weight excluding hydrogens is 332 g/mol. The molecule has 0 saturated carbocycles. The molecule has 0 spiro atoms. The Hall–Kier alpha value is -1.28. The van der Waals surface area contributed by atoms with Crippen molar-refractivity contribution >= 4 is 33.6 Å². The zero-order valence-electron chi connectivity index (χ0n) is 10.5. The van der Waals surface area contributed by atoms with Crippen LogP contribution in [0.4, 0.5) is 0 Å². The zero-order valence-corrected chi connectivity index (χ0v) is 12.9.